The summed E-state index contributed by atoms with van der Waals surface area (Å²) in [5.74, 6) is 0.633. The van der Waals surface area contributed by atoms with Crippen LogP contribution in [0.3, 0.4) is 0 Å². The van der Waals surface area contributed by atoms with Crippen LogP contribution in [0.1, 0.15) is 47.2 Å². The summed E-state index contributed by atoms with van der Waals surface area (Å²) >= 11 is 0. The Morgan fingerprint density at radius 1 is 0.976 bits per heavy atom. The Morgan fingerprint density at radius 3 is 2.61 bits per heavy atom. The molecular weight excluding hydrogens is 512 g/mol. The van der Waals surface area contributed by atoms with Crippen LogP contribution in [0, 0.1) is 6.92 Å². The summed E-state index contributed by atoms with van der Waals surface area (Å²) in [6.07, 6.45) is 2.42. The summed E-state index contributed by atoms with van der Waals surface area (Å²) in [5, 5.41) is 8.20. The van der Waals surface area contributed by atoms with Gasteiger partial charge in [-0.05, 0) is 63.7 Å². The minimum Gasteiger partial charge on any atom is -0.493 e. The fourth-order valence-corrected chi connectivity index (χ4v) is 6.42. The third-order valence-electron chi connectivity index (χ3n) is 8.19. The van der Waals surface area contributed by atoms with Crippen molar-refractivity contribution in [3.8, 4) is 16.9 Å². The largest absolute Gasteiger partial charge is 0.493 e. The third kappa shape index (κ3) is 4.99. The summed E-state index contributed by atoms with van der Waals surface area (Å²) < 4.78 is 16.2. The van der Waals surface area contributed by atoms with Gasteiger partial charge in [-0.1, -0.05) is 54.6 Å². The highest BCUT2D eigenvalue weighted by Crippen LogP contribution is 2.39. The highest BCUT2D eigenvalue weighted by Gasteiger charge is 2.28. The van der Waals surface area contributed by atoms with Crippen molar-refractivity contribution in [3.63, 3.8) is 0 Å². The van der Waals surface area contributed by atoms with E-state index in [0.29, 0.717) is 25.3 Å². The van der Waals surface area contributed by atoms with Gasteiger partial charge in [-0.3, -0.25) is 4.68 Å². The molecule has 2 aromatic heterocycles. The average molecular weight is 551 g/mol. The molecule has 1 aliphatic heterocycles. The Morgan fingerprint density at radius 2 is 1.76 bits per heavy atom. The van der Waals surface area contributed by atoms with Gasteiger partial charge in [0.2, 0.25) is 0 Å². The molecule has 0 N–H and O–H groups in total. The number of esters is 1. The zero-order valence-electron chi connectivity index (χ0n) is 24.4. The number of carbonyl (C=O) groups is 1. The van der Waals surface area contributed by atoms with Crippen molar-refractivity contribution in [2.75, 3.05) is 26.8 Å². The molecule has 0 unspecified atom stereocenters. The summed E-state index contributed by atoms with van der Waals surface area (Å²) in [6, 6.07) is 20.9. The van der Waals surface area contributed by atoms with Crippen molar-refractivity contribution in [3.05, 3.63) is 83.3 Å². The second kappa shape index (κ2) is 11.4. The predicted molar refractivity (Wildman–Crippen MR) is 164 cm³/mol. The normalized spacial score (nSPS) is 13.9. The van der Waals surface area contributed by atoms with E-state index in [1.807, 2.05) is 42.9 Å². The highest BCUT2D eigenvalue weighted by molar-refractivity contribution is 6.05. The number of carbonyl (C=O) groups excluding carboxylic acids is 1. The van der Waals surface area contributed by atoms with Crippen LogP contribution in [-0.4, -0.2) is 52.0 Å². The van der Waals surface area contributed by atoms with Gasteiger partial charge in [0, 0.05) is 42.0 Å². The first kappa shape index (κ1) is 27.1. The Labute approximate surface area is 241 Å². The molecule has 0 amide bonds. The first-order chi connectivity index (χ1) is 20.0. The van der Waals surface area contributed by atoms with Gasteiger partial charge < -0.3 is 18.9 Å². The molecule has 212 valence electrons. The summed E-state index contributed by atoms with van der Waals surface area (Å²) in [7, 11) is 4.18. The van der Waals surface area contributed by atoms with E-state index in [0.717, 1.165) is 76.9 Å². The van der Waals surface area contributed by atoms with E-state index >= 15 is 0 Å². The van der Waals surface area contributed by atoms with Gasteiger partial charge in [-0.15, -0.1) is 0 Å². The van der Waals surface area contributed by atoms with Gasteiger partial charge in [0.05, 0.1) is 30.1 Å². The standard InChI is InChI=1S/C34H38N4O3/c1-5-40-34(39)33-27(17-10-21-41-30-18-8-13-24-12-6-7-14-25(24)30)26-15-9-16-28-31-23(2)35-37(4)29(31)22-36(3)19-11-20-38(33)32(26)28/h6-9,12-16,18H,5,10-11,17,19-22H2,1-4H3. The number of hydrogen-bond acceptors (Lipinski definition) is 5. The molecule has 0 atom stereocenters. The van der Waals surface area contributed by atoms with E-state index in [2.05, 4.69) is 59.8 Å². The van der Waals surface area contributed by atoms with E-state index in [4.69, 9.17) is 14.6 Å². The van der Waals surface area contributed by atoms with Crippen LogP contribution in [0.5, 0.6) is 5.75 Å². The molecular formula is C34H38N4O3. The molecule has 5 aromatic rings. The molecule has 1 aliphatic rings. The smallest absolute Gasteiger partial charge is 0.355 e. The number of para-hydroxylation sites is 1. The molecule has 6 rings (SSSR count). The quantitative estimate of drug-likeness (QED) is 0.170. The van der Waals surface area contributed by atoms with Gasteiger partial charge in [0.15, 0.2) is 0 Å². The Kier molecular flexibility index (Phi) is 7.54. The van der Waals surface area contributed by atoms with Crippen molar-refractivity contribution < 1.29 is 14.3 Å². The van der Waals surface area contributed by atoms with E-state index in [-0.39, 0.29) is 5.97 Å². The van der Waals surface area contributed by atoms with Crippen molar-refractivity contribution in [1.82, 2.24) is 19.2 Å². The zero-order valence-corrected chi connectivity index (χ0v) is 24.4. The predicted octanol–water partition coefficient (Wildman–Crippen LogP) is 6.53. The van der Waals surface area contributed by atoms with Crippen molar-refractivity contribution >= 4 is 27.6 Å². The van der Waals surface area contributed by atoms with Gasteiger partial charge in [-0.2, -0.15) is 5.10 Å². The number of benzene rings is 3. The number of rotatable bonds is 7. The van der Waals surface area contributed by atoms with E-state index in [1.165, 1.54) is 11.1 Å². The Bertz CT molecular complexity index is 1730. The van der Waals surface area contributed by atoms with E-state index < -0.39 is 0 Å². The molecule has 41 heavy (non-hydrogen) atoms. The van der Waals surface area contributed by atoms with E-state index in [9.17, 15) is 4.79 Å². The Balaban J connectivity index is 1.42. The number of ether oxygens (including phenoxy) is 2. The van der Waals surface area contributed by atoms with Crippen molar-refractivity contribution in [1.29, 1.82) is 0 Å². The molecule has 3 heterocycles. The van der Waals surface area contributed by atoms with Crippen LogP contribution in [0.4, 0.5) is 0 Å². The maximum Gasteiger partial charge on any atom is 0.355 e. The third-order valence-corrected chi connectivity index (χ3v) is 8.19. The van der Waals surface area contributed by atoms with Crippen molar-refractivity contribution in [2.45, 2.75) is 46.2 Å². The highest BCUT2D eigenvalue weighted by atomic mass is 16.5. The van der Waals surface area contributed by atoms with Crippen LogP contribution in [0.15, 0.2) is 60.7 Å². The maximum atomic E-state index is 13.6. The summed E-state index contributed by atoms with van der Waals surface area (Å²) in [4.78, 5) is 15.9. The molecule has 0 spiro atoms. The zero-order chi connectivity index (χ0) is 28.5. The minimum atomic E-state index is -0.256. The topological polar surface area (TPSA) is 61.5 Å². The first-order valence-electron chi connectivity index (χ1n) is 14.6. The lowest BCUT2D eigenvalue weighted by Gasteiger charge is -2.21. The average Bonchev–Trinajstić information content (AvgIpc) is 3.43. The molecule has 0 radical (unpaired) electrons. The molecule has 0 bridgehead atoms. The molecule has 0 saturated carbocycles. The van der Waals surface area contributed by atoms with Crippen LogP contribution in [-0.2, 0) is 31.3 Å². The SMILES string of the molecule is CCOC(=O)c1c(CCCOc2cccc3ccccc23)c2cccc3c2n1CCCN(C)Cc1c-3c(C)nn1C. The second-order valence-electron chi connectivity index (χ2n) is 11.0. The van der Waals surface area contributed by atoms with Gasteiger partial charge in [0.25, 0.3) is 0 Å². The number of hydrogen-bond donors (Lipinski definition) is 0. The monoisotopic (exact) mass is 550 g/mol. The molecule has 0 fully saturated rings. The van der Waals surface area contributed by atoms with Crippen LogP contribution < -0.4 is 4.74 Å². The van der Waals surface area contributed by atoms with Gasteiger partial charge >= 0.3 is 5.97 Å². The lowest BCUT2D eigenvalue weighted by molar-refractivity contribution is 0.0512. The molecule has 0 saturated heterocycles. The second-order valence-corrected chi connectivity index (χ2v) is 11.0. The van der Waals surface area contributed by atoms with E-state index in [1.54, 1.807) is 0 Å². The minimum absolute atomic E-state index is 0.256. The number of aryl methyl sites for hydroxylation is 4. The number of nitrogens with zero attached hydrogens (tertiary/aromatic N) is 4. The van der Waals surface area contributed by atoms with Crippen molar-refractivity contribution in [2.24, 2.45) is 7.05 Å². The van der Waals surface area contributed by atoms with Crippen LogP contribution in [0.25, 0.3) is 32.8 Å². The van der Waals surface area contributed by atoms with Crippen LogP contribution in [0.2, 0.25) is 0 Å². The van der Waals surface area contributed by atoms with Gasteiger partial charge in [0.1, 0.15) is 11.4 Å². The Hall–Kier alpha value is -4.10. The maximum absolute atomic E-state index is 13.6. The first-order valence-corrected chi connectivity index (χ1v) is 14.6. The summed E-state index contributed by atoms with van der Waals surface area (Å²) in [5.41, 5.74) is 7.29. The summed E-state index contributed by atoms with van der Waals surface area (Å²) in [6.45, 7) is 7.33. The van der Waals surface area contributed by atoms with Gasteiger partial charge in [-0.25, -0.2) is 4.79 Å². The molecule has 0 aliphatic carbocycles. The number of aromatic nitrogens is 3. The molecule has 3 aromatic carbocycles. The lowest BCUT2D eigenvalue weighted by atomic mass is 9.98. The molecule has 7 nitrogen and oxygen atoms in total. The van der Waals surface area contributed by atoms with Crippen LogP contribution >= 0.6 is 0 Å². The number of fused-ring (bicyclic) bond motifs is 3. The lowest BCUT2D eigenvalue weighted by Crippen LogP contribution is -2.24. The molecule has 7 heteroatoms. The fraction of sp³-hybridized carbons (Fsp3) is 0.353. The fourth-order valence-electron chi connectivity index (χ4n) is 6.42.